The Morgan fingerprint density at radius 1 is 1.10 bits per heavy atom. The molecule has 0 unspecified atom stereocenters. The molecule has 1 heterocycles. The zero-order valence-electron chi connectivity index (χ0n) is 15.6. The predicted octanol–water partition coefficient (Wildman–Crippen LogP) is 2.78. The van der Waals surface area contributed by atoms with Crippen molar-refractivity contribution in [1.82, 2.24) is 15.3 Å². The molecular formula is C20H19IN4O3S. The zero-order valence-corrected chi connectivity index (χ0v) is 18.6. The lowest BCUT2D eigenvalue weighted by molar-refractivity contribution is -0.130. The van der Waals surface area contributed by atoms with Crippen LogP contribution in [0.2, 0.25) is 0 Å². The average molecular weight is 522 g/mol. The maximum atomic E-state index is 12.8. The standard InChI is InChI=1S/C20H19IN4O3S/c1-2-24-19(28)16(12-17(26)22-15-10-8-14(21)9-11-15)25(20(24)29)23-18(27)13-6-4-3-5-7-13/h3-11,16H,2,12H2,1H3,(H,22,26)(H,23,27)/t16-/m0/s1. The molecule has 3 rings (SSSR count). The molecule has 1 aliphatic heterocycles. The number of hydrazine groups is 1. The van der Waals surface area contributed by atoms with Gasteiger partial charge in [-0.25, -0.2) is 5.01 Å². The van der Waals surface area contributed by atoms with Gasteiger partial charge in [-0.2, -0.15) is 0 Å². The van der Waals surface area contributed by atoms with E-state index < -0.39 is 11.9 Å². The molecule has 0 aliphatic carbocycles. The van der Waals surface area contributed by atoms with E-state index in [0.29, 0.717) is 17.8 Å². The number of nitrogens with zero attached hydrogens (tertiary/aromatic N) is 2. The number of hydrogen-bond acceptors (Lipinski definition) is 4. The molecule has 1 fully saturated rings. The molecule has 0 spiro atoms. The van der Waals surface area contributed by atoms with Crippen molar-refractivity contribution in [3.8, 4) is 0 Å². The SMILES string of the molecule is CCN1C(=O)[C@H](CC(=O)Nc2ccc(I)cc2)N(NC(=O)c2ccccc2)C1=S. The first-order valence-corrected chi connectivity index (χ1v) is 10.5. The number of hydrogen-bond donors (Lipinski definition) is 2. The lowest BCUT2D eigenvalue weighted by atomic mass is 10.2. The molecular weight excluding hydrogens is 503 g/mol. The van der Waals surface area contributed by atoms with Crippen LogP contribution in [0.5, 0.6) is 0 Å². The van der Waals surface area contributed by atoms with Crippen LogP contribution in [0.4, 0.5) is 5.69 Å². The minimum atomic E-state index is -0.904. The molecule has 0 aromatic heterocycles. The van der Waals surface area contributed by atoms with Crippen LogP contribution in [0.25, 0.3) is 0 Å². The number of benzene rings is 2. The predicted molar refractivity (Wildman–Crippen MR) is 122 cm³/mol. The third-order valence-electron chi connectivity index (χ3n) is 4.38. The minimum Gasteiger partial charge on any atom is -0.326 e. The maximum absolute atomic E-state index is 12.8. The van der Waals surface area contributed by atoms with E-state index in [2.05, 4.69) is 33.3 Å². The Hall–Kier alpha value is -2.53. The van der Waals surface area contributed by atoms with Gasteiger partial charge >= 0.3 is 0 Å². The number of amides is 3. The molecule has 1 atom stereocenters. The highest BCUT2D eigenvalue weighted by molar-refractivity contribution is 14.1. The number of thiocarbonyl (C=S) groups is 1. The van der Waals surface area contributed by atoms with E-state index in [1.165, 1.54) is 9.91 Å². The van der Waals surface area contributed by atoms with Crippen LogP contribution >= 0.6 is 34.8 Å². The summed E-state index contributed by atoms with van der Waals surface area (Å²) in [6.45, 7) is 2.14. The Bertz CT molecular complexity index is 937. The maximum Gasteiger partial charge on any atom is 0.269 e. The number of carbonyl (C=O) groups excluding carboxylic acids is 3. The molecule has 2 N–H and O–H groups in total. The van der Waals surface area contributed by atoms with Crippen LogP contribution in [0, 0.1) is 3.57 Å². The number of carbonyl (C=O) groups is 3. The molecule has 0 saturated carbocycles. The molecule has 29 heavy (non-hydrogen) atoms. The Balaban J connectivity index is 1.75. The van der Waals surface area contributed by atoms with Gasteiger partial charge < -0.3 is 5.32 Å². The Morgan fingerprint density at radius 3 is 2.38 bits per heavy atom. The normalized spacial score (nSPS) is 16.1. The molecule has 1 saturated heterocycles. The minimum absolute atomic E-state index is 0.142. The van der Waals surface area contributed by atoms with Gasteiger partial charge in [-0.1, -0.05) is 18.2 Å². The van der Waals surface area contributed by atoms with Gasteiger partial charge in [0.1, 0.15) is 6.04 Å². The molecule has 150 valence electrons. The molecule has 7 nitrogen and oxygen atoms in total. The van der Waals surface area contributed by atoms with E-state index in [9.17, 15) is 14.4 Å². The lowest BCUT2D eigenvalue weighted by Gasteiger charge is -2.24. The zero-order chi connectivity index (χ0) is 21.0. The van der Waals surface area contributed by atoms with Crippen LogP contribution < -0.4 is 10.7 Å². The highest BCUT2D eigenvalue weighted by Crippen LogP contribution is 2.20. The number of likely N-dealkylation sites (N-methyl/N-ethyl adjacent to an activating group) is 1. The van der Waals surface area contributed by atoms with Gasteiger partial charge in [0.25, 0.3) is 11.8 Å². The largest absolute Gasteiger partial charge is 0.326 e. The molecule has 2 aromatic rings. The van der Waals surface area contributed by atoms with Gasteiger partial charge in [-0.3, -0.25) is 24.7 Å². The van der Waals surface area contributed by atoms with E-state index in [1.54, 1.807) is 49.4 Å². The van der Waals surface area contributed by atoms with E-state index in [1.807, 2.05) is 12.1 Å². The van der Waals surface area contributed by atoms with Crippen LogP contribution in [-0.4, -0.2) is 45.3 Å². The van der Waals surface area contributed by atoms with Crippen molar-refractivity contribution in [2.24, 2.45) is 0 Å². The smallest absolute Gasteiger partial charge is 0.269 e. The Labute approximate surface area is 187 Å². The lowest BCUT2D eigenvalue weighted by Crippen LogP contribution is -2.49. The number of rotatable bonds is 6. The van der Waals surface area contributed by atoms with Crippen LogP contribution in [0.3, 0.4) is 0 Å². The van der Waals surface area contributed by atoms with Gasteiger partial charge in [-0.05, 0) is 78.1 Å². The molecule has 3 amide bonds. The second kappa shape index (κ2) is 9.31. The van der Waals surface area contributed by atoms with Gasteiger partial charge in [-0.15, -0.1) is 0 Å². The fourth-order valence-electron chi connectivity index (χ4n) is 2.93. The molecule has 1 aliphatic rings. The van der Waals surface area contributed by atoms with Gasteiger partial charge in [0.05, 0.1) is 6.42 Å². The summed E-state index contributed by atoms with van der Waals surface area (Å²) in [5, 5.41) is 4.26. The van der Waals surface area contributed by atoms with Crippen molar-refractivity contribution < 1.29 is 14.4 Å². The Kier molecular flexibility index (Phi) is 6.80. The summed E-state index contributed by atoms with van der Waals surface area (Å²) >= 11 is 7.54. The first kappa shape index (κ1) is 21.2. The average Bonchev–Trinajstić information content (AvgIpc) is 2.93. The molecule has 9 heteroatoms. The second-order valence-electron chi connectivity index (χ2n) is 6.32. The summed E-state index contributed by atoms with van der Waals surface area (Å²) in [6, 6.07) is 15.0. The highest BCUT2D eigenvalue weighted by atomic mass is 127. The van der Waals surface area contributed by atoms with Crippen molar-refractivity contribution in [3.05, 3.63) is 63.7 Å². The number of anilines is 1. The van der Waals surface area contributed by atoms with Crippen molar-refractivity contribution in [1.29, 1.82) is 0 Å². The fourth-order valence-corrected chi connectivity index (χ4v) is 3.68. The summed E-state index contributed by atoms with van der Waals surface area (Å²) in [7, 11) is 0. The van der Waals surface area contributed by atoms with Crippen LogP contribution in [0.1, 0.15) is 23.7 Å². The quantitative estimate of drug-likeness (QED) is 0.451. The highest BCUT2D eigenvalue weighted by Gasteiger charge is 2.43. The van der Waals surface area contributed by atoms with E-state index >= 15 is 0 Å². The summed E-state index contributed by atoms with van der Waals surface area (Å²) in [5.41, 5.74) is 3.74. The summed E-state index contributed by atoms with van der Waals surface area (Å²) in [4.78, 5) is 39.2. The number of nitrogens with one attached hydrogen (secondary N) is 2. The van der Waals surface area contributed by atoms with Crippen molar-refractivity contribution in [2.75, 3.05) is 11.9 Å². The van der Waals surface area contributed by atoms with Gasteiger partial charge in [0, 0.05) is 21.4 Å². The number of halogens is 1. The summed E-state index contributed by atoms with van der Waals surface area (Å²) < 4.78 is 1.05. The monoisotopic (exact) mass is 522 g/mol. The van der Waals surface area contributed by atoms with Crippen molar-refractivity contribution in [2.45, 2.75) is 19.4 Å². The van der Waals surface area contributed by atoms with Crippen molar-refractivity contribution >= 4 is 63.3 Å². The van der Waals surface area contributed by atoms with Gasteiger partial charge in [0.2, 0.25) is 5.91 Å². The van der Waals surface area contributed by atoms with E-state index in [0.717, 1.165) is 3.57 Å². The third-order valence-corrected chi connectivity index (χ3v) is 5.52. The van der Waals surface area contributed by atoms with E-state index in [-0.39, 0.29) is 23.3 Å². The van der Waals surface area contributed by atoms with E-state index in [4.69, 9.17) is 12.2 Å². The Morgan fingerprint density at radius 2 is 1.76 bits per heavy atom. The second-order valence-corrected chi connectivity index (χ2v) is 7.93. The topological polar surface area (TPSA) is 81.8 Å². The van der Waals surface area contributed by atoms with Gasteiger partial charge in [0.15, 0.2) is 5.11 Å². The van der Waals surface area contributed by atoms with Crippen LogP contribution in [0.15, 0.2) is 54.6 Å². The van der Waals surface area contributed by atoms with Crippen LogP contribution in [-0.2, 0) is 9.59 Å². The third kappa shape index (κ3) is 4.91. The molecule has 0 radical (unpaired) electrons. The van der Waals surface area contributed by atoms with Crippen molar-refractivity contribution in [3.63, 3.8) is 0 Å². The summed E-state index contributed by atoms with van der Waals surface area (Å²) in [5.74, 6) is -1.06. The summed E-state index contributed by atoms with van der Waals surface area (Å²) in [6.07, 6.45) is -0.142. The first-order valence-electron chi connectivity index (χ1n) is 8.96. The first-order chi connectivity index (χ1) is 13.9. The molecule has 0 bridgehead atoms. The molecule has 2 aromatic carbocycles. The fraction of sp³-hybridized carbons (Fsp3) is 0.200.